The maximum atomic E-state index is 14.8. The minimum atomic E-state index is -1.53. The predicted octanol–water partition coefficient (Wildman–Crippen LogP) is 6.03. The van der Waals surface area contributed by atoms with E-state index in [1.165, 1.54) is 23.7 Å². The molecule has 2 aromatic heterocycles. The van der Waals surface area contributed by atoms with E-state index in [1.54, 1.807) is 25.3 Å². The highest BCUT2D eigenvalue weighted by Crippen LogP contribution is 2.53. The number of amides is 2. The van der Waals surface area contributed by atoms with Gasteiger partial charge in [-0.15, -0.1) is 6.58 Å². The number of anilines is 1. The van der Waals surface area contributed by atoms with Crippen molar-refractivity contribution in [3.8, 4) is 22.9 Å². The predicted molar refractivity (Wildman–Crippen MR) is 216 cm³/mol. The fourth-order valence-corrected chi connectivity index (χ4v) is 8.90. The molecule has 8 atom stereocenters. The van der Waals surface area contributed by atoms with Crippen molar-refractivity contribution in [3.63, 3.8) is 0 Å². The first-order valence-corrected chi connectivity index (χ1v) is 20.9. The number of pyridine rings is 1. The van der Waals surface area contributed by atoms with Crippen molar-refractivity contribution in [1.82, 2.24) is 20.2 Å². The molecule has 0 bridgehead atoms. The number of fused-ring (bicyclic) bond motifs is 2. The van der Waals surface area contributed by atoms with Crippen molar-refractivity contribution in [2.24, 2.45) is 29.1 Å². The van der Waals surface area contributed by atoms with Crippen LogP contribution in [0.2, 0.25) is 5.02 Å². The molecule has 15 nitrogen and oxygen atoms in total. The smallest absolute Gasteiger partial charge is 0.330 e. The van der Waals surface area contributed by atoms with Crippen molar-refractivity contribution in [3.05, 3.63) is 42.1 Å². The third-order valence-electron chi connectivity index (χ3n) is 12.4. The molecule has 8 rings (SSSR count). The summed E-state index contributed by atoms with van der Waals surface area (Å²) >= 11 is 6.94. The van der Waals surface area contributed by atoms with Gasteiger partial charge in [0.15, 0.2) is 0 Å². The lowest BCUT2D eigenvalue weighted by Crippen LogP contribution is -2.54. The minimum absolute atomic E-state index is 0.0278. The number of nitrogens with zero attached hydrogens (tertiary/aromatic N) is 3. The second kappa shape index (κ2) is 15.9. The number of likely N-dealkylation sites (tertiary alicyclic amines) is 1. The van der Waals surface area contributed by atoms with Crippen molar-refractivity contribution >= 4 is 52.3 Å². The van der Waals surface area contributed by atoms with Gasteiger partial charge in [-0.25, -0.2) is 9.78 Å². The van der Waals surface area contributed by atoms with E-state index < -0.39 is 58.7 Å². The summed E-state index contributed by atoms with van der Waals surface area (Å²) in [5.41, 5.74) is -1.02. The van der Waals surface area contributed by atoms with Gasteiger partial charge in [0.2, 0.25) is 11.8 Å². The molecule has 1 saturated heterocycles. The van der Waals surface area contributed by atoms with E-state index in [0.717, 1.165) is 25.7 Å². The van der Waals surface area contributed by atoms with Gasteiger partial charge in [0.05, 0.1) is 36.7 Å². The second-order valence-corrected chi connectivity index (χ2v) is 18.2. The number of carboxylic acids is 1. The van der Waals surface area contributed by atoms with Gasteiger partial charge in [-0.1, -0.05) is 38.4 Å². The number of esters is 1. The molecule has 16 heteroatoms. The summed E-state index contributed by atoms with van der Waals surface area (Å²) in [6, 6.07) is 4.75. The molecule has 3 N–H and O–H groups in total. The Kier molecular flexibility index (Phi) is 11.0. The van der Waals surface area contributed by atoms with Crippen molar-refractivity contribution in [2.75, 3.05) is 32.2 Å². The lowest BCUT2D eigenvalue weighted by Gasteiger charge is -2.35. The van der Waals surface area contributed by atoms with Crippen LogP contribution < -0.4 is 20.1 Å². The molecule has 3 heterocycles. The number of nitrogens with one attached hydrogen (secondary N) is 2. The van der Waals surface area contributed by atoms with Crippen LogP contribution in [0.4, 0.5) is 6.01 Å². The van der Waals surface area contributed by atoms with E-state index in [9.17, 15) is 24.3 Å². The maximum absolute atomic E-state index is 14.8. The number of hydrogen-bond acceptors (Lipinski definition) is 12. The van der Waals surface area contributed by atoms with Crippen LogP contribution in [0, 0.1) is 29.1 Å². The summed E-state index contributed by atoms with van der Waals surface area (Å²) in [5.74, 6) is -2.00. The van der Waals surface area contributed by atoms with Crippen molar-refractivity contribution in [2.45, 2.75) is 102 Å². The number of oxazole rings is 1. The van der Waals surface area contributed by atoms with Gasteiger partial charge in [-0.05, 0) is 67.9 Å². The van der Waals surface area contributed by atoms with E-state index in [-0.39, 0.29) is 43.5 Å². The lowest BCUT2D eigenvalue weighted by molar-refractivity contribution is -0.157. The molecule has 0 radical (unpaired) electrons. The Morgan fingerprint density at radius 3 is 2.49 bits per heavy atom. The first-order valence-electron chi connectivity index (χ1n) is 20.5. The number of benzene rings is 1. The van der Waals surface area contributed by atoms with Gasteiger partial charge >= 0.3 is 11.9 Å². The Morgan fingerprint density at radius 1 is 1.07 bits per heavy atom. The SMILES string of the molecule is C=C[C@@H]1C[C@]1(NC(=O)[C@@H]1C[C@@H](Oc2cc(-c3coc(NC4CC4)n3)nc3c(Cl)c(OCCOC)ccc23)CN1C(=O)[C@@H](CC(=O)OC1C[C@@H]2C[C@@H]2C1)C(C)(C)C)C(=O)O. The molecule has 59 heavy (non-hydrogen) atoms. The van der Waals surface area contributed by atoms with Crippen LogP contribution in [0.25, 0.3) is 22.3 Å². The number of aromatic nitrogens is 2. The van der Waals surface area contributed by atoms with E-state index in [0.29, 0.717) is 64.3 Å². The molecular formula is C43H52ClN5O10. The highest BCUT2D eigenvalue weighted by molar-refractivity contribution is 6.36. The monoisotopic (exact) mass is 833 g/mol. The van der Waals surface area contributed by atoms with Crippen LogP contribution in [0.1, 0.15) is 72.1 Å². The van der Waals surface area contributed by atoms with Gasteiger partial charge in [0.1, 0.15) is 58.9 Å². The fraction of sp³-hybridized carbons (Fsp3) is 0.581. The first kappa shape index (κ1) is 40.9. The second-order valence-electron chi connectivity index (χ2n) is 17.8. The Hall–Kier alpha value is -4.89. The van der Waals surface area contributed by atoms with E-state index in [1.807, 2.05) is 20.8 Å². The Balaban J connectivity index is 1.10. The molecule has 316 valence electrons. The summed E-state index contributed by atoms with van der Waals surface area (Å²) in [7, 11) is 1.57. The van der Waals surface area contributed by atoms with E-state index >= 15 is 0 Å². The number of halogens is 1. The van der Waals surface area contributed by atoms with Crippen molar-refractivity contribution < 1.29 is 47.6 Å². The molecule has 4 saturated carbocycles. The highest BCUT2D eigenvalue weighted by atomic mass is 35.5. The number of rotatable bonds is 17. The van der Waals surface area contributed by atoms with Gasteiger partial charge in [0.25, 0.3) is 6.01 Å². The standard InChI is InChI=1S/C43H52ClN5O10/c1-6-24-19-43(24,40(53)54)48-38(51)32-16-27(20-49(32)39(52)29(42(2,3)4)17-35(50)59-26-14-22-13-23(22)15-26)58-34-18-30(31-21-57-41(47-31)45-25-7-8-25)46-37-28(34)9-10-33(36(37)44)56-12-11-55-5/h6,9-10,18,21-27,29,32H,1,7-8,11-17,19-20H2,2-5H3,(H,45,47)(H,48,51)(H,53,54)/t22-,23+,24-,26?,27-,29-,32+,43-/m1/s1. The summed E-state index contributed by atoms with van der Waals surface area (Å²) < 4.78 is 29.3. The number of hydrogen-bond donors (Lipinski definition) is 3. The molecule has 1 aromatic carbocycles. The molecule has 5 aliphatic rings. The van der Waals surface area contributed by atoms with Crippen LogP contribution in [0.5, 0.6) is 11.5 Å². The molecule has 4 aliphatic carbocycles. The number of methoxy groups -OCH3 is 1. The topological polar surface area (TPSA) is 192 Å². The summed E-state index contributed by atoms with van der Waals surface area (Å²) in [6.45, 7) is 9.95. The van der Waals surface area contributed by atoms with Gasteiger partial charge in [0, 0.05) is 36.9 Å². The molecular weight excluding hydrogens is 782 g/mol. The van der Waals surface area contributed by atoms with Gasteiger partial charge in [-0.2, -0.15) is 4.98 Å². The molecule has 1 unspecified atom stereocenters. The van der Waals surface area contributed by atoms with Gasteiger partial charge < -0.3 is 44.0 Å². The minimum Gasteiger partial charge on any atom is -0.490 e. The Bertz CT molecular complexity index is 2140. The first-order chi connectivity index (χ1) is 28.2. The van der Waals surface area contributed by atoms with Crippen LogP contribution in [0.3, 0.4) is 0 Å². The van der Waals surface area contributed by atoms with Crippen LogP contribution in [-0.4, -0.2) is 100 Å². The normalized spacial score (nSPS) is 27.4. The molecule has 0 spiro atoms. The molecule has 2 amide bonds. The van der Waals surface area contributed by atoms with E-state index in [2.05, 4.69) is 22.2 Å². The van der Waals surface area contributed by atoms with Crippen LogP contribution in [0.15, 0.2) is 41.5 Å². The average Bonchev–Trinajstić information content (AvgIpc) is 4.14. The highest BCUT2D eigenvalue weighted by Gasteiger charge is 2.61. The summed E-state index contributed by atoms with van der Waals surface area (Å²) in [4.78, 5) is 65.7. The third kappa shape index (κ3) is 8.59. The van der Waals surface area contributed by atoms with Crippen molar-refractivity contribution in [1.29, 1.82) is 0 Å². The lowest BCUT2D eigenvalue weighted by atomic mass is 9.77. The maximum Gasteiger partial charge on any atom is 0.330 e. The summed E-state index contributed by atoms with van der Waals surface area (Å²) in [5, 5.41) is 16.9. The molecule has 1 aliphatic heterocycles. The van der Waals surface area contributed by atoms with Crippen LogP contribution >= 0.6 is 11.6 Å². The Morgan fingerprint density at radius 2 is 1.83 bits per heavy atom. The number of carboxylic acid groups (broad SMARTS) is 1. The molecule has 5 fully saturated rings. The molecule has 3 aromatic rings. The van der Waals surface area contributed by atoms with E-state index in [4.69, 9.17) is 39.9 Å². The third-order valence-corrected chi connectivity index (χ3v) is 12.8. The zero-order chi connectivity index (χ0) is 41.8. The number of carbonyl (C=O) groups excluding carboxylic acids is 3. The fourth-order valence-electron chi connectivity index (χ4n) is 8.64. The Labute approximate surface area is 347 Å². The van der Waals surface area contributed by atoms with Crippen LogP contribution in [-0.2, 0) is 28.7 Å². The average molecular weight is 834 g/mol. The van der Waals surface area contributed by atoms with Gasteiger partial charge in [-0.3, -0.25) is 14.4 Å². The zero-order valence-electron chi connectivity index (χ0n) is 33.8. The zero-order valence-corrected chi connectivity index (χ0v) is 34.6. The quantitative estimate of drug-likeness (QED) is 0.0813. The number of aliphatic carboxylic acids is 1. The number of ether oxygens (including phenoxy) is 4. The largest absolute Gasteiger partial charge is 0.490 e. The summed E-state index contributed by atoms with van der Waals surface area (Å²) in [6.07, 6.45) is 7.10. The number of carbonyl (C=O) groups is 4.